The van der Waals surface area contributed by atoms with E-state index in [-0.39, 0.29) is 0 Å². The molecule has 3 heteroatoms. The molecule has 1 N–H and O–H groups in total. The van der Waals surface area contributed by atoms with Crippen LogP contribution < -0.4 is 0 Å². The first-order valence-corrected chi connectivity index (χ1v) is 8.11. The van der Waals surface area contributed by atoms with Crippen LogP contribution in [-0.4, -0.2) is 43.1 Å². The largest absolute Gasteiger partial charge is 0.507 e. The van der Waals surface area contributed by atoms with Gasteiger partial charge in [-0.1, -0.05) is 31.4 Å². The smallest absolute Gasteiger partial charge is 0.124 e. The van der Waals surface area contributed by atoms with E-state index in [4.69, 9.17) is 0 Å². The summed E-state index contributed by atoms with van der Waals surface area (Å²) in [5.74, 6) is 1.16. The van der Waals surface area contributed by atoms with Crippen molar-refractivity contribution in [2.24, 2.45) is 0 Å². The Bertz CT molecular complexity index is 431. The van der Waals surface area contributed by atoms with E-state index in [0.29, 0.717) is 11.7 Å². The summed E-state index contributed by atoms with van der Waals surface area (Å²) in [5.41, 5.74) is 3.57. The molecule has 0 atom stereocenters. The predicted molar refractivity (Wildman–Crippen MR) is 88.7 cm³/mol. The van der Waals surface area contributed by atoms with Crippen LogP contribution in [0.4, 0.5) is 0 Å². The number of phenols is 1. The van der Waals surface area contributed by atoms with Crippen LogP contribution in [0.1, 0.15) is 54.7 Å². The van der Waals surface area contributed by atoms with Gasteiger partial charge in [0.05, 0.1) is 0 Å². The van der Waals surface area contributed by atoms with Crippen LogP contribution in [-0.2, 0) is 13.1 Å². The lowest BCUT2D eigenvalue weighted by molar-refractivity contribution is 0.366. The van der Waals surface area contributed by atoms with E-state index in [9.17, 15) is 5.11 Å². The molecule has 0 heterocycles. The summed E-state index contributed by atoms with van der Waals surface area (Å²) < 4.78 is 0. The minimum Gasteiger partial charge on any atom is -0.507 e. The summed E-state index contributed by atoms with van der Waals surface area (Å²) in [6.45, 7) is 1.60. The van der Waals surface area contributed by atoms with Crippen molar-refractivity contribution in [2.75, 3.05) is 28.2 Å². The second-order valence-electron chi connectivity index (χ2n) is 7.00. The maximum absolute atomic E-state index is 10.6. The van der Waals surface area contributed by atoms with Gasteiger partial charge in [-0.3, -0.25) is 0 Å². The highest BCUT2D eigenvalue weighted by atomic mass is 16.3. The number of aromatic hydroxyl groups is 1. The fraction of sp³-hybridized carbons (Fsp3) is 0.667. The van der Waals surface area contributed by atoms with Crippen molar-refractivity contribution in [3.05, 3.63) is 28.8 Å². The fourth-order valence-corrected chi connectivity index (χ4v) is 3.38. The standard InChI is InChI=1S/C18H30N2O/c1-19(2)12-16-10-15(14-8-6-5-7-9-14)11-17(18(16)21)13-20(3)4/h10-11,14,21H,5-9,12-13H2,1-4H3. The quantitative estimate of drug-likeness (QED) is 0.898. The van der Waals surface area contributed by atoms with Gasteiger partial charge >= 0.3 is 0 Å². The van der Waals surface area contributed by atoms with Crippen LogP contribution in [0.2, 0.25) is 0 Å². The molecule has 1 aromatic carbocycles. The molecule has 0 saturated heterocycles. The molecule has 21 heavy (non-hydrogen) atoms. The molecule has 0 spiro atoms. The van der Waals surface area contributed by atoms with Gasteiger partial charge in [0.15, 0.2) is 0 Å². The van der Waals surface area contributed by atoms with E-state index in [1.807, 2.05) is 0 Å². The van der Waals surface area contributed by atoms with E-state index in [0.717, 1.165) is 24.2 Å². The highest BCUT2D eigenvalue weighted by Gasteiger charge is 2.19. The SMILES string of the molecule is CN(C)Cc1cc(C2CCCCC2)cc(CN(C)C)c1O. The first-order valence-electron chi connectivity index (χ1n) is 8.11. The Morgan fingerprint density at radius 1 is 0.905 bits per heavy atom. The molecule has 0 aliphatic heterocycles. The van der Waals surface area contributed by atoms with Crippen LogP contribution >= 0.6 is 0 Å². The van der Waals surface area contributed by atoms with Crippen LogP contribution in [0, 0.1) is 0 Å². The molecule has 0 amide bonds. The van der Waals surface area contributed by atoms with E-state index in [1.165, 1.54) is 37.7 Å². The topological polar surface area (TPSA) is 26.7 Å². The number of nitrogens with zero attached hydrogens (tertiary/aromatic N) is 2. The molecule has 1 saturated carbocycles. The Morgan fingerprint density at radius 2 is 1.38 bits per heavy atom. The lowest BCUT2D eigenvalue weighted by Crippen LogP contribution is -2.15. The zero-order valence-electron chi connectivity index (χ0n) is 14.0. The number of hydrogen-bond acceptors (Lipinski definition) is 3. The van der Waals surface area contributed by atoms with Gasteiger partial charge in [-0.25, -0.2) is 0 Å². The van der Waals surface area contributed by atoms with Gasteiger partial charge in [-0.05, 0) is 52.5 Å². The van der Waals surface area contributed by atoms with E-state index in [2.05, 4.69) is 50.1 Å². The number of rotatable bonds is 5. The molecule has 0 radical (unpaired) electrons. The summed E-state index contributed by atoms with van der Waals surface area (Å²) in [7, 11) is 8.22. The number of phenolic OH excluding ortho intramolecular Hbond substituents is 1. The molecule has 118 valence electrons. The molecule has 3 nitrogen and oxygen atoms in total. The van der Waals surface area contributed by atoms with Crippen molar-refractivity contribution >= 4 is 0 Å². The first kappa shape index (κ1) is 16.3. The van der Waals surface area contributed by atoms with Gasteiger partial charge in [0.25, 0.3) is 0 Å². The third kappa shape index (κ3) is 4.45. The molecule has 0 aromatic heterocycles. The second kappa shape index (κ2) is 7.28. The van der Waals surface area contributed by atoms with Gasteiger partial charge in [0.1, 0.15) is 5.75 Å². The normalized spacial score (nSPS) is 16.9. The fourth-order valence-electron chi connectivity index (χ4n) is 3.38. The molecule has 0 unspecified atom stereocenters. The average Bonchev–Trinajstić information content (AvgIpc) is 2.43. The summed E-state index contributed by atoms with van der Waals surface area (Å²) in [5, 5.41) is 10.6. The van der Waals surface area contributed by atoms with Crippen molar-refractivity contribution in [3.8, 4) is 5.75 Å². The Hall–Kier alpha value is -1.06. The summed E-state index contributed by atoms with van der Waals surface area (Å²) in [6.07, 6.45) is 6.67. The van der Waals surface area contributed by atoms with Gasteiger partial charge in [-0.15, -0.1) is 0 Å². The molecular formula is C18H30N2O. The number of hydrogen-bond donors (Lipinski definition) is 1. The van der Waals surface area contributed by atoms with Gasteiger partial charge in [0.2, 0.25) is 0 Å². The van der Waals surface area contributed by atoms with Crippen molar-refractivity contribution in [1.29, 1.82) is 0 Å². The minimum atomic E-state index is 0.483. The van der Waals surface area contributed by atoms with Gasteiger partial charge in [-0.2, -0.15) is 0 Å². The number of benzene rings is 1. The van der Waals surface area contributed by atoms with Crippen LogP contribution in [0.5, 0.6) is 5.75 Å². The van der Waals surface area contributed by atoms with Gasteiger partial charge < -0.3 is 14.9 Å². The first-order chi connectivity index (χ1) is 9.97. The third-order valence-corrected chi connectivity index (χ3v) is 4.34. The summed E-state index contributed by atoms with van der Waals surface area (Å²) >= 11 is 0. The Kier molecular flexibility index (Phi) is 5.65. The Morgan fingerprint density at radius 3 is 1.81 bits per heavy atom. The minimum absolute atomic E-state index is 0.483. The summed E-state index contributed by atoms with van der Waals surface area (Å²) in [6, 6.07) is 4.48. The van der Waals surface area contributed by atoms with Crippen molar-refractivity contribution in [2.45, 2.75) is 51.1 Å². The lowest BCUT2D eigenvalue weighted by atomic mass is 9.82. The molecule has 0 bridgehead atoms. The monoisotopic (exact) mass is 290 g/mol. The molecule has 1 aliphatic carbocycles. The zero-order chi connectivity index (χ0) is 15.4. The average molecular weight is 290 g/mol. The highest BCUT2D eigenvalue weighted by molar-refractivity contribution is 5.45. The van der Waals surface area contributed by atoms with Crippen LogP contribution in [0.25, 0.3) is 0 Å². The van der Waals surface area contributed by atoms with Crippen LogP contribution in [0.15, 0.2) is 12.1 Å². The van der Waals surface area contributed by atoms with Crippen molar-refractivity contribution in [3.63, 3.8) is 0 Å². The van der Waals surface area contributed by atoms with E-state index < -0.39 is 0 Å². The van der Waals surface area contributed by atoms with Gasteiger partial charge in [0, 0.05) is 24.2 Å². The Balaban J connectivity index is 2.34. The van der Waals surface area contributed by atoms with E-state index in [1.54, 1.807) is 0 Å². The second-order valence-corrected chi connectivity index (χ2v) is 7.00. The molecule has 1 fully saturated rings. The van der Waals surface area contributed by atoms with E-state index >= 15 is 0 Å². The Labute approximate surface area is 129 Å². The molecule has 1 aliphatic rings. The maximum Gasteiger partial charge on any atom is 0.124 e. The van der Waals surface area contributed by atoms with Crippen molar-refractivity contribution in [1.82, 2.24) is 9.80 Å². The predicted octanol–water partition coefficient (Wildman–Crippen LogP) is 3.56. The molecule has 2 rings (SSSR count). The maximum atomic E-state index is 10.6. The van der Waals surface area contributed by atoms with Crippen LogP contribution in [0.3, 0.4) is 0 Å². The van der Waals surface area contributed by atoms with Crippen molar-refractivity contribution < 1.29 is 5.11 Å². The third-order valence-electron chi connectivity index (χ3n) is 4.34. The molecule has 1 aromatic rings. The highest BCUT2D eigenvalue weighted by Crippen LogP contribution is 2.36. The molecular weight excluding hydrogens is 260 g/mol. The zero-order valence-corrected chi connectivity index (χ0v) is 14.0. The summed E-state index contributed by atoms with van der Waals surface area (Å²) in [4.78, 5) is 4.25. The lowest BCUT2D eigenvalue weighted by Gasteiger charge is -2.25.